The highest BCUT2D eigenvalue weighted by molar-refractivity contribution is 9.10. The van der Waals surface area contributed by atoms with Crippen LogP contribution in [-0.2, 0) is 26.1 Å². The van der Waals surface area contributed by atoms with Gasteiger partial charge in [0.25, 0.3) is 0 Å². The molecular weight excluding hydrogens is 318 g/mol. The summed E-state index contributed by atoms with van der Waals surface area (Å²) in [5.41, 5.74) is 2.35. The van der Waals surface area contributed by atoms with Crippen LogP contribution in [-0.4, -0.2) is 25.6 Å². The Labute approximate surface area is 128 Å². The lowest BCUT2D eigenvalue weighted by Gasteiger charge is -2.14. The standard InChI is InChI=1S/C14H22BrN5/c1-4-12-14(15)13(20(5-2)18-12)9-16-11(3)10-19-8-6-7-17-19/h6-8,11,16H,4-5,9-10H2,1-3H3. The number of hydrogen-bond acceptors (Lipinski definition) is 3. The molecule has 110 valence electrons. The minimum atomic E-state index is 0.354. The van der Waals surface area contributed by atoms with Gasteiger partial charge in [0.1, 0.15) is 0 Å². The zero-order chi connectivity index (χ0) is 14.5. The summed E-state index contributed by atoms with van der Waals surface area (Å²) < 4.78 is 5.15. The highest BCUT2D eigenvalue weighted by Gasteiger charge is 2.14. The van der Waals surface area contributed by atoms with Gasteiger partial charge < -0.3 is 5.32 Å². The van der Waals surface area contributed by atoms with Gasteiger partial charge in [0.05, 0.1) is 22.4 Å². The van der Waals surface area contributed by atoms with Gasteiger partial charge in [-0.05, 0) is 42.3 Å². The van der Waals surface area contributed by atoms with Crippen LogP contribution in [0.1, 0.15) is 32.2 Å². The van der Waals surface area contributed by atoms with Gasteiger partial charge in [-0.15, -0.1) is 0 Å². The van der Waals surface area contributed by atoms with Crippen LogP contribution in [0.5, 0.6) is 0 Å². The summed E-state index contributed by atoms with van der Waals surface area (Å²) in [6.45, 7) is 8.99. The lowest BCUT2D eigenvalue weighted by atomic mass is 10.2. The fourth-order valence-electron chi connectivity index (χ4n) is 2.21. The van der Waals surface area contributed by atoms with Crippen molar-refractivity contribution in [1.29, 1.82) is 0 Å². The molecule has 6 heteroatoms. The number of nitrogens with zero attached hydrogens (tertiary/aromatic N) is 4. The van der Waals surface area contributed by atoms with Crippen LogP contribution in [0, 0.1) is 0 Å². The molecule has 0 amide bonds. The average Bonchev–Trinajstić information content (AvgIpc) is 3.04. The van der Waals surface area contributed by atoms with Crippen molar-refractivity contribution >= 4 is 15.9 Å². The predicted octanol–water partition coefficient (Wildman–Crippen LogP) is 2.60. The minimum absolute atomic E-state index is 0.354. The molecule has 1 atom stereocenters. The van der Waals surface area contributed by atoms with E-state index in [9.17, 15) is 0 Å². The van der Waals surface area contributed by atoms with Crippen molar-refractivity contribution in [1.82, 2.24) is 24.9 Å². The van der Waals surface area contributed by atoms with Crippen molar-refractivity contribution < 1.29 is 0 Å². The summed E-state index contributed by atoms with van der Waals surface area (Å²) in [6.07, 6.45) is 4.74. The Bertz CT molecular complexity index is 532. The Balaban J connectivity index is 1.97. The molecule has 2 aromatic heterocycles. The Hall–Kier alpha value is -1.14. The lowest BCUT2D eigenvalue weighted by Crippen LogP contribution is -2.31. The lowest BCUT2D eigenvalue weighted by molar-refractivity contribution is 0.440. The first-order chi connectivity index (χ1) is 9.65. The van der Waals surface area contributed by atoms with Gasteiger partial charge in [0.2, 0.25) is 0 Å². The van der Waals surface area contributed by atoms with Gasteiger partial charge in [0.15, 0.2) is 0 Å². The van der Waals surface area contributed by atoms with Crippen molar-refractivity contribution in [3.63, 3.8) is 0 Å². The number of aryl methyl sites for hydroxylation is 2. The van der Waals surface area contributed by atoms with Crippen LogP contribution < -0.4 is 5.32 Å². The quantitative estimate of drug-likeness (QED) is 0.843. The van der Waals surface area contributed by atoms with Gasteiger partial charge in [0, 0.05) is 31.5 Å². The van der Waals surface area contributed by atoms with E-state index >= 15 is 0 Å². The Morgan fingerprint density at radius 1 is 1.40 bits per heavy atom. The fraction of sp³-hybridized carbons (Fsp3) is 0.571. The maximum atomic E-state index is 4.61. The largest absolute Gasteiger partial charge is 0.307 e. The van der Waals surface area contributed by atoms with Crippen molar-refractivity contribution in [3.8, 4) is 0 Å². The van der Waals surface area contributed by atoms with Crippen molar-refractivity contribution in [2.45, 2.75) is 52.9 Å². The minimum Gasteiger partial charge on any atom is -0.307 e. The third kappa shape index (κ3) is 3.49. The Kier molecular flexibility index (Phi) is 5.37. The molecular formula is C14H22BrN5. The first-order valence-corrected chi connectivity index (χ1v) is 7.89. The zero-order valence-electron chi connectivity index (χ0n) is 12.3. The van der Waals surface area contributed by atoms with Crippen LogP contribution in [0.25, 0.3) is 0 Å². The molecule has 0 spiro atoms. The summed E-state index contributed by atoms with van der Waals surface area (Å²) in [4.78, 5) is 0. The molecule has 0 aliphatic carbocycles. The van der Waals surface area contributed by atoms with Gasteiger partial charge in [-0.2, -0.15) is 10.2 Å². The number of hydrogen-bond donors (Lipinski definition) is 1. The molecule has 20 heavy (non-hydrogen) atoms. The van der Waals surface area contributed by atoms with E-state index in [0.29, 0.717) is 6.04 Å². The zero-order valence-corrected chi connectivity index (χ0v) is 13.9. The number of nitrogens with one attached hydrogen (secondary N) is 1. The fourth-order valence-corrected chi connectivity index (χ4v) is 2.92. The first-order valence-electron chi connectivity index (χ1n) is 7.10. The summed E-state index contributed by atoms with van der Waals surface area (Å²) in [6, 6.07) is 2.30. The molecule has 0 aliphatic rings. The third-order valence-electron chi connectivity index (χ3n) is 3.33. The molecule has 0 radical (unpaired) electrons. The highest BCUT2D eigenvalue weighted by Crippen LogP contribution is 2.22. The predicted molar refractivity (Wildman–Crippen MR) is 83.5 cm³/mol. The number of halogens is 1. The van der Waals surface area contributed by atoms with Crippen molar-refractivity contribution in [2.75, 3.05) is 0 Å². The molecule has 2 rings (SSSR count). The van der Waals surface area contributed by atoms with Crippen LogP contribution >= 0.6 is 15.9 Å². The molecule has 0 fully saturated rings. The molecule has 5 nitrogen and oxygen atoms in total. The second kappa shape index (κ2) is 7.04. The molecule has 0 aromatic carbocycles. The van der Waals surface area contributed by atoms with Crippen LogP contribution in [0.3, 0.4) is 0 Å². The average molecular weight is 340 g/mol. The molecule has 2 heterocycles. The smallest absolute Gasteiger partial charge is 0.0767 e. The highest BCUT2D eigenvalue weighted by atomic mass is 79.9. The summed E-state index contributed by atoms with van der Waals surface area (Å²) in [7, 11) is 0. The van der Waals surface area contributed by atoms with Gasteiger partial charge >= 0.3 is 0 Å². The van der Waals surface area contributed by atoms with Crippen molar-refractivity contribution in [3.05, 3.63) is 34.3 Å². The second-order valence-corrected chi connectivity index (χ2v) is 5.68. The van der Waals surface area contributed by atoms with Crippen LogP contribution in [0.4, 0.5) is 0 Å². The second-order valence-electron chi connectivity index (χ2n) is 4.89. The van der Waals surface area contributed by atoms with Gasteiger partial charge in [-0.3, -0.25) is 9.36 Å². The Morgan fingerprint density at radius 3 is 2.80 bits per heavy atom. The maximum Gasteiger partial charge on any atom is 0.0767 e. The molecule has 0 aliphatic heterocycles. The third-order valence-corrected chi connectivity index (χ3v) is 4.25. The van der Waals surface area contributed by atoms with E-state index in [0.717, 1.165) is 36.2 Å². The maximum absolute atomic E-state index is 4.61. The Morgan fingerprint density at radius 2 is 2.20 bits per heavy atom. The summed E-state index contributed by atoms with van der Waals surface area (Å²) >= 11 is 3.67. The van der Waals surface area contributed by atoms with Crippen molar-refractivity contribution in [2.24, 2.45) is 0 Å². The van der Waals surface area contributed by atoms with Gasteiger partial charge in [-0.25, -0.2) is 0 Å². The summed E-state index contributed by atoms with van der Waals surface area (Å²) in [5, 5.41) is 12.4. The van der Waals surface area contributed by atoms with E-state index in [2.05, 4.69) is 56.9 Å². The van der Waals surface area contributed by atoms with E-state index in [-0.39, 0.29) is 0 Å². The van der Waals surface area contributed by atoms with Crippen LogP contribution in [0.15, 0.2) is 22.9 Å². The van der Waals surface area contributed by atoms with Gasteiger partial charge in [-0.1, -0.05) is 6.92 Å². The topological polar surface area (TPSA) is 47.7 Å². The van der Waals surface area contributed by atoms with E-state index in [1.807, 2.05) is 23.1 Å². The molecule has 0 bridgehead atoms. The van der Waals surface area contributed by atoms with E-state index < -0.39 is 0 Å². The molecule has 0 saturated carbocycles. The normalized spacial score (nSPS) is 12.8. The number of rotatable bonds is 7. The van der Waals surface area contributed by atoms with E-state index in [4.69, 9.17) is 0 Å². The van der Waals surface area contributed by atoms with E-state index in [1.54, 1.807) is 0 Å². The first kappa shape index (κ1) is 15.3. The monoisotopic (exact) mass is 339 g/mol. The van der Waals surface area contributed by atoms with E-state index in [1.165, 1.54) is 5.69 Å². The molecule has 0 saturated heterocycles. The van der Waals surface area contributed by atoms with Crippen LogP contribution in [0.2, 0.25) is 0 Å². The molecule has 1 N–H and O–H groups in total. The summed E-state index contributed by atoms with van der Waals surface area (Å²) in [5.74, 6) is 0. The molecule has 1 unspecified atom stereocenters. The SMILES string of the molecule is CCc1nn(CC)c(CNC(C)Cn2cccn2)c1Br. The number of aromatic nitrogens is 4. The molecule has 2 aromatic rings.